The third kappa shape index (κ3) is 4.27. The zero-order chi connectivity index (χ0) is 23.6. The maximum atomic E-state index is 13.4. The average Bonchev–Trinajstić information content (AvgIpc) is 3.28. The second-order valence-corrected chi connectivity index (χ2v) is 9.21. The first-order valence-electron chi connectivity index (χ1n) is 10.1. The van der Waals surface area contributed by atoms with E-state index in [-0.39, 0.29) is 21.8 Å². The summed E-state index contributed by atoms with van der Waals surface area (Å²) in [5.41, 5.74) is 2.27. The molecule has 0 saturated carbocycles. The minimum Gasteiger partial charge on any atom is -0.496 e. The first-order chi connectivity index (χ1) is 15.8. The molecule has 0 aliphatic carbocycles. The molecule has 0 radical (unpaired) electrons. The summed E-state index contributed by atoms with van der Waals surface area (Å²) in [7, 11) is -1.23. The molecule has 0 unspecified atom stereocenters. The van der Waals surface area contributed by atoms with E-state index >= 15 is 0 Å². The van der Waals surface area contributed by atoms with Crippen molar-refractivity contribution >= 4 is 33.3 Å². The van der Waals surface area contributed by atoms with Gasteiger partial charge in [0.05, 0.1) is 35.9 Å². The Balaban J connectivity index is 1.66. The van der Waals surface area contributed by atoms with Gasteiger partial charge in [-0.1, -0.05) is 24.3 Å². The predicted molar refractivity (Wildman–Crippen MR) is 123 cm³/mol. The van der Waals surface area contributed by atoms with E-state index < -0.39 is 21.9 Å². The third-order valence-electron chi connectivity index (χ3n) is 5.39. The molecule has 0 bridgehead atoms. The first-order valence-corrected chi connectivity index (χ1v) is 11.6. The number of benzene rings is 3. The van der Waals surface area contributed by atoms with Crippen molar-refractivity contribution < 1.29 is 27.5 Å². The topological polar surface area (TPSA) is 102 Å². The predicted octanol–water partition coefficient (Wildman–Crippen LogP) is 3.49. The molecule has 1 amide bonds. The number of carbonyl (C=O) groups excluding carboxylic acids is 2. The molecule has 9 heteroatoms. The Hall–Kier alpha value is -3.85. The number of anilines is 2. The molecular weight excluding hydrogens is 444 g/mol. The smallest absolute Gasteiger partial charge is 0.337 e. The largest absolute Gasteiger partial charge is 0.496 e. The van der Waals surface area contributed by atoms with E-state index in [1.165, 1.54) is 42.8 Å². The lowest BCUT2D eigenvalue weighted by molar-refractivity contribution is 0.0600. The monoisotopic (exact) mass is 466 g/mol. The van der Waals surface area contributed by atoms with Gasteiger partial charge in [-0.15, -0.1) is 0 Å². The molecule has 1 aliphatic rings. The lowest BCUT2D eigenvalue weighted by Gasteiger charge is -2.20. The second-order valence-electron chi connectivity index (χ2n) is 7.34. The number of nitrogens with zero attached hydrogens (tertiary/aromatic N) is 1. The van der Waals surface area contributed by atoms with Crippen LogP contribution in [-0.2, 0) is 21.2 Å². The van der Waals surface area contributed by atoms with Crippen LogP contribution in [0.3, 0.4) is 0 Å². The molecule has 0 spiro atoms. The molecular formula is C24H22N2O6S. The van der Waals surface area contributed by atoms with Crippen LogP contribution in [0.1, 0.15) is 26.3 Å². The van der Waals surface area contributed by atoms with Crippen LogP contribution >= 0.6 is 0 Å². The molecule has 1 aliphatic heterocycles. The van der Waals surface area contributed by atoms with Crippen LogP contribution in [0, 0.1) is 0 Å². The molecule has 0 atom stereocenters. The number of ether oxygens (including phenoxy) is 2. The molecule has 4 rings (SSSR count). The van der Waals surface area contributed by atoms with Crippen molar-refractivity contribution in [3.05, 3.63) is 83.4 Å². The fraction of sp³-hybridized carbons (Fsp3) is 0.167. The Labute approximate surface area is 191 Å². The Morgan fingerprint density at radius 2 is 1.76 bits per heavy atom. The lowest BCUT2D eigenvalue weighted by Crippen LogP contribution is -2.29. The summed E-state index contributed by atoms with van der Waals surface area (Å²) in [4.78, 5) is 24.8. The van der Waals surface area contributed by atoms with E-state index in [4.69, 9.17) is 9.47 Å². The van der Waals surface area contributed by atoms with Gasteiger partial charge in [-0.25, -0.2) is 13.2 Å². The summed E-state index contributed by atoms with van der Waals surface area (Å²) in [5, 5.41) is 2.68. The lowest BCUT2D eigenvalue weighted by atomic mass is 10.1. The van der Waals surface area contributed by atoms with E-state index in [2.05, 4.69) is 5.32 Å². The zero-order valence-electron chi connectivity index (χ0n) is 18.1. The summed E-state index contributed by atoms with van der Waals surface area (Å²) in [6.07, 6.45) is 0.620. The SMILES string of the molecule is COC(=O)c1cccc(NC(=O)c2cc(S(=O)(=O)N3CCc4ccccc43)ccc2OC)c1. The van der Waals surface area contributed by atoms with E-state index in [0.29, 0.717) is 24.3 Å². The highest BCUT2D eigenvalue weighted by atomic mass is 32.2. The van der Waals surface area contributed by atoms with Crippen molar-refractivity contribution in [3.63, 3.8) is 0 Å². The summed E-state index contributed by atoms with van der Waals surface area (Å²) >= 11 is 0. The molecule has 33 heavy (non-hydrogen) atoms. The summed E-state index contributed by atoms with van der Waals surface area (Å²) in [5.74, 6) is -0.896. The standard InChI is InChI=1S/C24H22N2O6S/c1-31-22-11-10-19(33(29,30)26-13-12-16-6-3-4-9-21(16)26)15-20(22)23(27)25-18-8-5-7-17(14-18)24(28)32-2/h3-11,14-15H,12-13H2,1-2H3,(H,25,27). The van der Waals surface area contributed by atoms with Crippen molar-refractivity contribution in [1.29, 1.82) is 0 Å². The highest BCUT2D eigenvalue weighted by molar-refractivity contribution is 7.92. The minimum absolute atomic E-state index is 0.0199. The van der Waals surface area contributed by atoms with Crippen molar-refractivity contribution in [2.45, 2.75) is 11.3 Å². The maximum Gasteiger partial charge on any atom is 0.337 e. The Morgan fingerprint density at radius 1 is 0.970 bits per heavy atom. The van der Waals surface area contributed by atoms with Crippen LogP contribution in [0.15, 0.2) is 71.6 Å². The maximum absolute atomic E-state index is 13.4. The number of fused-ring (bicyclic) bond motifs is 1. The molecule has 0 saturated heterocycles. The number of hydrogen-bond donors (Lipinski definition) is 1. The van der Waals surface area contributed by atoms with E-state index in [1.54, 1.807) is 30.3 Å². The number of carbonyl (C=O) groups is 2. The van der Waals surface area contributed by atoms with Crippen molar-refractivity contribution in [2.24, 2.45) is 0 Å². The van der Waals surface area contributed by atoms with Crippen molar-refractivity contribution in [3.8, 4) is 5.75 Å². The van der Waals surface area contributed by atoms with Crippen molar-refractivity contribution in [1.82, 2.24) is 0 Å². The number of methoxy groups -OCH3 is 2. The van der Waals surface area contributed by atoms with Gasteiger partial charge >= 0.3 is 5.97 Å². The van der Waals surface area contributed by atoms with Gasteiger partial charge in [0.2, 0.25) is 0 Å². The van der Waals surface area contributed by atoms with Gasteiger partial charge in [-0.2, -0.15) is 0 Å². The van der Waals surface area contributed by atoms with Crippen LogP contribution in [0.4, 0.5) is 11.4 Å². The first kappa shape index (κ1) is 22.3. The number of para-hydroxylation sites is 1. The highest BCUT2D eigenvalue weighted by Crippen LogP contribution is 2.34. The van der Waals surface area contributed by atoms with Gasteiger partial charge in [0, 0.05) is 12.2 Å². The number of rotatable bonds is 6. The summed E-state index contributed by atoms with van der Waals surface area (Å²) in [6, 6.07) is 17.8. The van der Waals surface area contributed by atoms with Crippen molar-refractivity contribution in [2.75, 3.05) is 30.4 Å². The molecule has 1 heterocycles. The molecule has 1 N–H and O–H groups in total. The minimum atomic E-state index is -3.89. The number of esters is 1. The second kappa shape index (κ2) is 8.95. The van der Waals surface area contributed by atoms with Crippen LogP contribution in [0.2, 0.25) is 0 Å². The summed E-state index contributed by atoms with van der Waals surface area (Å²) < 4.78 is 38.1. The number of hydrogen-bond acceptors (Lipinski definition) is 6. The van der Waals surface area contributed by atoms with E-state index in [0.717, 1.165) is 5.56 Å². The van der Waals surface area contributed by atoms with Gasteiger partial charge < -0.3 is 14.8 Å². The molecule has 0 aromatic heterocycles. The van der Waals surface area contributed by atoms with Crippen LogP contribution < -0.4 is 14.4 Å². The Bertz CT molecular complexity index is 1340. The van der Waals surface area contributed by atoms with E-state index in [1.807, 2.05) is 12.1 Å². The van der Waals surface area contributed by atoms with Gasteiger partial charge in [0.25, 0.3) is 15.9 Å². The van der Waals surface area contributed by atoms with Gasteiger partial charge in [-0.05, 0) is 54.4 Å². The fourth-order valence-corrected chi connectivity index (χ4v) is 5.28. The number of nitrogens with one attached hydrogen (secondary N) is 1. The third-order valence-corrected chi connectivity index (χ3v) is 7.20. The Kier molecular flexibility index (Phi) is 6.06. The Morgan fingerprint density at radius 3 is 2.52 bits per heavy atom. The van der Waals surface area contributed by atoms with Gasteiger partial charge in [0.1, 0.15) is 5.75 Å². The zero-order valence-corrected chi connectivity index (χ0v) is 18.9. The molecule has 0 fully saturated rings. The summed E-state index contributed by atoms with van der Waals surface area (Å²) in [6.45, 7) is 0.329. The molecule has 3 aromatic rings. The van der Waals surface area contributed by atoms with Crippen LogP contribution in [0.25, 0.3) is 0 Å². The van der Waals surface area contributed by atoms with Crippen LogP contribution in [0.5, 0.6) is 5.75 Å². The fourth-order valence-electron chi connectivity index (χ4n) is 3.75. The molecule has 170 valence electrons. The highest BCUT2D eigenvalue weighted by Gasteiger charge is 2.31. The van der Waals surface area contributed by atoms with Crippen LogP contribution in [-0.4, -0.2) is 41.1 Å². The molecule has 3 aromatic carbocycles. The van der Waals surface area contributed by atoms with E-state index in [9.17, 15) is 18.0 Å². The van der Waals surface area contributed by atoms with Gasteiger partial charge in [0.15, 0.2) is 0 Å². The van der Waals surface area contributed by atoms with Gasteiger partial charge in [-0.3, -0.25) is 9.10 Å². The average molecular weight is 467 g/mol. The molecule has 8 nitrogen and oxygen atoms in total. The normalized spacial score (nSPS) is 12.7. The number of amides is 1. The number of sulfonamides is 1. The quantitative estimate of drug-likeness (QED) is 0.558.